The standard InChI is InChI=1S/C22H25N3O2/c26-19(17-27-21-9-5-7-18-6-1-2-8-20(18)21)16-24-12-14-25(15-13-24)22-10-3-4-11-23-22/h1-11,19,26H,12-17H2/t19-/m0/s1. The zero-order valence-corrected chi connectivity index (χ0v) is 15.4. The van der Waals surface area contributed by atoms with Crippen LogP contribution in [0.4, 0.5) is 5.82 Å². The molecule has 0 spiro atoms. The minimum absolute atomic E-state index is 0.300. The van der Waals surface area contributed by atoms with Gasteiger partial charge in [0.25, 0.3) is 0 Å². The van der Waals surface area contributed by atoms with E-state index in [1.54, 1.807) is 0 Å². The Morgan fingerprint density at radius 3 is 2.52 bits per heavy atom. The van der Waals surface area contributed by atoms with Gasteiger partial charge in [-0.2, -0.15) is 0 Å². The van der Waals surface area contributed by atoms with E-state index in [4.69, 9.17) is 4.74 Å². The number of hydrogen-bond acceptors (Lipinski definition) is 5. The predicted molar refractivity (Wildman–Crippen MR) is 108 cm³/mol. The lowest BCUT2D eigenvalue weighted by molar-refractivity contribution is 0.0668. The number of anilines is 1. The highest BCUT2D eigenvalue weighted by Crippen LogP contribution is 2.25. The third-order valence-corrected chi connectivity index (χ3v) is 5.00. The Bertz CT molecular complexity index is 858. The molecule has 2 aromatic carbocycles. The van der Waals surface area contributed by atoms with Gasteiger partial charge in [-0.15, -0.1) is 0 Å². The van der Waals surface area contributed by atoms with Crippen LogP contribution in [-0.4, -0.2) is 60.4 Å². The van der Waals surface area contributed by atoms with Crippen molar-refractivity contribution in [2.75, 3.05) is 44.2 Å². The van der Waals surface area contributed by atoms with Gasteiger partial charge >= 0.3 is 0 Å². The largest absolute Gasteiger partial charge is 0.490 e. The molecule has 5 heteroatoms. The van der Waals surface area contributed by atoms with Crippen molar-refractivity contribution in [2.45, 2.75) is 6.10 Å². The van der Waals surface area contributed by atoms with Gasteiger partial charge in [0.2, 0.25) is 0 Å². The van der Waals surface area contributed by atoms with E-state index in [9.17, 15) is 5.11 Å². The lowest BCUT2D eigenvalue weighted by atomic mass is 10.1. The smallest absolute Gasteiger partial charge is 0.128 e. The van der Waals surface area contributed by atoms with Gasteiger partial charge in [-0.1, -0.05) is 42.5 Å². The number of hydrogen-bond donors (Lipinski definition) is 1. The lowest BCUT2D eigenvalue weighted by Crippen LogP contribution is -2.49. The Morgan fingerprint density at radius 1 is 0.926 bits per heavy atom. The molecule has 0 saturated carbocycles. The molecular formula is C22H25N3O2. The fourth-order valence-electron chi connectivity index (χ4n) is 3.56. The topological polar surface area (TPSA) is 48.8 Å². The molecule has 1 aromatic heterocycles. The highest BCUT2D eigenvalue weighted by Gasteiger charge is 2.20. The van der Waals surface area contributed by atoms with Crippen molar-refractivity contribution >= 4 is 16.6 Å². The van der Waals surface area contributed by atoms with Crippen LogP contribution in [0.3, 0.4) is 0 Å². The molecule has 5 nitrogen and oxygen atoms in total. The minimum atomic E-state index is -0.509. The van der Waals surface area contributed by atoms with Crippen LogP contribution >= 0.6 is 0 Å². The highest BCUT2D eigenvalue weighted by atomic mass is 16.5. The average Bonchev–Trinajstić information content (AvgIpc) is 2.73. The monoisotopic (exact) mass is 363 g/mol. The normalized spacial score (nSPS) is 16.4. The van der Waals surface area contributed by atoms with E-state index in [0.717, 1.165) is 48.5 Å². The fourth-order valence-corrected chi connectivity index (χ4v) is 3.56. The fraction of sp³-hybridized carbons (Fsp3) is 0.318. The number of piperazine rings is 1. The molecule has 2 heterocycles. The zero-order valence-electron chi connectivity index (χ0n) is 15.4. The maximum atomic E-state index is 10.4. The molecule has 4 rings (SSSR count). The number of benzene rings is 2. The van der Waals surface area contributed by atoms with Crippen molar-refractivity contribution in [2.24, 2.45) is 0 Å². The number of β-amino-alcohol motifs (C(OH)–C–C–N with tert-alkyl or cyclic N) is 1. The molecule has 1 fully saturated rings. The Kier molecular flexibility index (Phi) is 5.51. The van der Waals surface area contributed by atoms with E-state index in [0.29, 0.717) is 13.2 Å². The maximum absolute atomic E-state index is 10.4. The first kappa shape index (κ1) is 17.8. The van der Waals surface area contributed by atoms with Gasteiger partial charge in [-0.05, 0) is 23.6 Å². The highest BCUT2D eigenvalue weighted by molar-refractivity contribution is 5.88. The molecular weight excluding hydrogens is 338 g/mol. The second-order valence-electron chi connectivity index (χ2n) is 6.92. The Balaban J connectivity index is 1.27. The van der Waals surface area contributed by atoms with E-state index >= 15 is 0 Å². The van der Waals surface area contributed by atoms with Gasteiger partial charge in [-0.25, -0.2) is 4.98 Å². The van der Waals surface area contributed by atoms with E-state index in [-0.39, 0.29) is 0 Å². The van der Waals surface area contributed by atoms with Crippen LogP contribution in [0.1, 0.15) is 0 Å². The molecule has 1 aliphatic rings. The number of aliphatic hydroxyl groups excluding tert-OH is 1. The quantitative estimate of drug-likeness (QED) is 0.730. The molecule has 1 N–H and O–H groups in total. The van der Waals surface area contributed by atoms with Gasteiger partial charge in [0, 0.05) is 44.3 Å². The summed E-state index contributed by atoms with van der Waals surface area (Å²) in [7, 11) is 0. The maximum Gasteiger partial charge on any atom is 0.128 e. The van der Waals surface area contributed by atoms with E-state index in [2.05, 4.69) is 26.9 Å². The van der Waals surface area contributed by atoms with Crippen LogP contribution in [0.15, 0.2) is 66.9 Å². The number of ether oxygens (including phenoxy) is 1. The van der Waals surface area contributed by atoms with E-state index in [1.807, 2.05) is 54.7 Å². The summed E-state index contributed by atoms with van der Waals surface area (Å²) < 4.78 is 5.92. The Hall–Kier alpha value is -2.63. The van der Waals surface area contributed by atoms with Crippen molar-refractivity contribution in [3.05, 3.63) is 66.9 Å². The van der Waals surface area contributed by atoms with Crippen LogP contribution in [-0.2, 0) is 0 Å². The number of pyridine rings is 1. The molecule has 0 radical (unpaired) electrons. The summed E-state index contributed by atoms with van der Waals surface area (Å²) >= 11 is 0. The number of aliphatic hydroxyl groups is 1. The van der Waals surface area contributed by atoms with Crippen LogP contribution in [0.2, 0.25) is 0 Å². The molecule has 1 atom stereocenters. The summed E-state index contributed by atoms with van der Waals surface area (Å²) in [4.78, 5) is 8.99. The lowest BCUT2D eigenvalue weighted by Gasteiger charge is -2.36. The Morgan fingerprint density at radius 2 is 1.70 bits per heavy atom. The Labute approximate surface area is 159 Å². The van der Waals surface area contributed by atoms with Gasteiger partial charge in [0.1, 0.15) is 24.3 Å². The van der Waals surface area contributed by atoms with Gasteiger partial charge in [0.05, 0.1) is 0 Å². The molecule has 3 aromatic rings. The molecule has 0 aliphatic carbocycles. The van der Waals surface area contributed by atoms with Crippen LogP contribution in [0, 0.1) is 0 Å². The molecule has 27 heavy (non-hydrogen) atoms. The molecule has 1 saturated heterocycles. The zero-order chi connectivity index (χ0) is 18.5. The van der Waals surface area contributed by atoms with Crippen LogP contribution < -0.4 is 9.64 Å². The van der Waals surface area contributed by atoms with Gasteiger partial charge in [0.15, 0.2) is 0 Å². The van der Waals surface area contributed by atoms with Crippen molar-refractivity contribution in [1.82, 2.24) is 9.88 Å². The summed E-state index contributed by atoms with van der Waals surface area (Å²) in [6.07, 6.45) is 1.32. The van der Waals surface area contributed by atoms with Crippen molar-refractivity contribution in [3.63, 3.8) is 0 Å². The second kappa shape index (κ2) is 8.37. The SMILES string of the molecule is O[C@H](COc1cccc2ccccc12)CN1CCN(c2ccccn2)CC1. The number of fused-ring (bicyclic) bond motifs is 1. The van der Waals surface area contributed by atoms with E-state index in [1.165, 1.54) is 0 Å². The summed E-state index contributed by atoms with van der Waals surface area (Å²) in [6.45, 7) is 4.61. The van der Waals surface area contributed by atoms with Gasteiger partial charge < -0.3 is 14.7 Å². The molecule has 140 valence electrons. The number of aromatic nitrogens is 1. The summed E-state index contributed by atoms with van der Waals surface area (Å²) in [5.74, 6) is 1.85. The number of rotatable bonds is 6. The van der Waals surface area contributed by atoms with Crippen molar-refractivity contribution in [1.29, 1.82) is 0 Å². The first-order valence-electron chi connectivity index (χ1n) is 9.46. The average molecular weight is 363 g/mol. The predicted octanol–water partition coefficient (Wildman–Crippen LogP) is 2.80. The first-order valence-corrected chi connectivity index (χ1v) is 9.46. The first-order chi connectivity index (χ1) is 13.3. The summed E-state index contributed by atoms with van der Waals surface area (Å²) in [5.41, 5.74) is 0. The van der Waals surface area contributed by atoms with Crippen LogP contribution in [0.5, 0.6) is 5.75 Å². The summed E-state index contributed by atoms with van der Waals surface area (Å²) in [5, 5.41) is 12.7. The van der Waals surface area contributed by atoms with Crippen molar-refractivity contribution in [3.8, 4) is 5.75 Å². The van der Waals surface area contributed by atoms with Gasteiger partial charge in [-0.3, -0.25) is 4.90 Å². The van der Waals surface area contributed by atoms with E-state index < -0.39 is 6.10 Å². The minimum Gasteiger partial charge on any atom is -0.490 e. The van der Waals surface area contributed by atoms with Crippen LogP contribution in [0.25, 0.3) is 10.8 Å². The molecule has 0 bridgehead atoms. The molecule has 0 amide bonds. The second-order valence-corrected chi connectivity index (χ2v) is 6.92. The molecule has 0 unspecified atom stereocenters. The third kappa shape index (κ3) is 4.38. The number of nitrogens with zero attached hydrogens (tertiary/aromatic N) is 3. The summed E-state index contributed by atoms with van der Waals surface area (Å²) in [6, 6.07) is 20.2. The molecule has 1 aliphatic heterocycles. The van der Waals surface area contributed by atoms with Crippen molar-refractivity contribution < 1.29 is 9.84 Å². The third-order valence-electron chi connectivity index (χ3n) is 5.00.